The molecule has 16 heavy (non-hydrogen) atoms. The van der Waals surface area contributed by atoms with Crippen LogP contribution in [0.15, 0.2) is 41.8 Å². The second-order valence-corrected chi connectivity index (χ2v) is 5.27. The molecule has 0 aromatic heterocycles. The first-order valence-corrected chi connectivity index (χ1v) is 7.00. The van der Waals surface area contributed by atoms with Gasteiger partial charge in [0.1, 0.15) is 0 Å². The molecule has 0 aliphatic rings. The van der Waals surface area contributed by atoms with Crippen LogP contribution in [0.4, 0.5) is 5.69 Å². The maximum atomic E-state index is 11.3. The molecule has 0 heterocycles. The molecule has 0 aliphatic carbocycles. The Bertz CT molecular complexity index is 376. The van der Waals surface area contributed by atoms with Gasteiger partial charge < -0.3 is 5.32 Å². The van der Waals surface area contributed by atoms with Gasteiger partial charge in [-0.1, -0.05) is 12.1 Å². The maximum absolute atomic E-state index is 11.3. The number of benzene rings is 1. The van der Waals surface area contributed by atoms with E-state index < -0.39 is 10.8 Å². The molecular weight excluding hydrogens is 218 g/mol. The minimum Gasteiger partial charge on any atom is -0.383 e. The fourth-order valence-corrected chi connectivity index (χ4v) is 2.05. The molecular formula is C13H19NOS. The standard InChI is InChI=1S/C13H19NOS/c1-4-5-7-11(2)14-12-8-6-9-13(10-12)16(3)15/h4,6,8-11,14H,1,5,7H2,2-3H3. The monoisotopic (exact) mass is 237 g/mol. The van der Waals surface area contributed by atoms with Gasteiger partial charge in [0.05, 0.1) is 0 Å². The number of rotatable bonds is 6. The van der Waals surface area contributed by atoms with Gasteiger partial charge in [-0.3, -0.25) is 4.21 Å². The predicted molar refractivity (Wildman–Crippen MR) is 71.3 cm³/mol. The molecule has 0 saturated carbocycles. The van der Waals surface area contributed by atoms with Crippen LogP contribution in [0.1, 0.15) is 19.8 Å². The van der Waals surface area contributed by atoms with E-state index in [0.717, 1.165) is 23.4 Å². The Hall–Kier alpha value is -1.09. The van der Waals surface area contributed by atoms with E-state index in [1.807, 2.05) is 30.3 Å². The smallest absolute Gasteiger partial charge is 0.0498 e. The third-order valence-corrected chi connectivity index (χ3v) is 3.30. The third-order valence-electron chi connectivity index (χ3n) is 2.38. The molecule has 88 valence electrons. The van der Waals surface area contributed by atoms with Crippen LogP contribution in [0.5, 0.6) is 0 Å². The highest BCUT2D eigenvalue weighted by molar-refractivity contribution is 7.84. The summed E-state index contributed by atoms with van der Waals surface area (Å²) in [4.78, 5) is 0.862. The van der Waals surface area contributed by atoms with Gasteiger partial charge in [-0.05, 0) is 38.0 Å². The average Bonchev–Trinajstić information content (AvgIpc) is 2.26. The van der Waals surface area contributed by atoms with Crippen molar-refractivity contribution in [1.29, 1.82) is 0 Å². The van der Waals surface area contributed by atoms with E-state index in [1.165, 1.54) is 0 Å². The van der Waals surface area contributed by atoms with Crippen molar-refractivity contribution in [2.45, 2.75) is 30.7 Å². The predicted octanol–water partition coefficient (Wildman–Crippen LogP) is 3.19. The Morgan fingerprint density at radius 1 is 1.56 bits per heavy atom. The molecule has 0 spiro atoms. The Labute approximate surface area is 100 Å². The van der Waals surface area contributed by atoms with Crippen LogP contribution < -0.4 is 5.32 Å². The summed E-state index contributed by atoms with van der Waals surface area (Å²) in [6.07, 6.45) is 5.69. The summed E-state index contributed by atoms with van der Waals surface area (Å²) < 4.78 is 11.3. The Kier molecular flexibility index (Phi) is 5.26. The zero-order valence-corrected chi connectivity index (χ0v) is 10.7. The Morgan fingerprint density at radius 3 is 2.94 bits per heavy atom. The lowest BCUT2D eigenvalue weighted by Gasteiger charge is -2.14. The van der Waals surface area contributed by atoms with Crippen molar-refractivity contribution < 1.29 is 4.21 Å². The van der Waals surface area contributed by atoms with Crippen LogP contribution in [0.25, 0.3) is 0 Å². The minimum atomic E-state index is -0.916. The summed E-state index contributed by atoms with van der Waals surface area (Å²) in [7, 11) is -0.916. The number of allylic oxidation sites excluding steroid dienone is 1. The number of hydrogen-bond donors (Lipinski definition) is 1. The first-order chi connectivity index (χ1) is 7.63. The normalized spacial score (nSPS) is 14.1. The summed E-state index contributed by atoms with van der Waals surface area (Å²) in [6, 6.07) is 8.16. The minimum absolute atomic E-state index is 0.401. The topological polar surface area (TPSA) is 29.1 Å². The first kappa shape index (κ1) is 13.0. The van der Waals surface area contributed by atoms with E-state index in [4.69, 9.17) is 0 Å². The summed E-state index contributed by atoms with van der Waals surface area (Å²) in [5.74, 6) is 0. The van der Waals surface area contributed by atoms with E-state index in [9.17, 15) is 4.21 Å². The maximum Gasteiger partial charge on any atom is 0.0498 e. The van der Waals surface area contributed by atoms with Crippen molar-refractivity contribution in [3.63, 3.8) is 0 Å². The largest absolute Gasteiger partial charge is 0.383 e. The highest BCUT2D eigenvalue weighted by Gasteiger charge is 2.02. The van der Waals surface area contributed by atoms with Crippen molar-refractivity contribution in [3.05, 3.63) is 36.9 Å². The van der Waals surface area contributed by atoms with E-state index >= 15 is 0 Å². The third kappa shape index (κ3) is 4.19. The zero-order valence-electron chi connectivity index (χ0n) is 9.90. The van der Waals surface area contributed by atoms with E-state index in [2.05, 4.69) is 18.8 Å². The lowest BCUT2D eigenvalue weighted by Crippen LogP contribution is -2.14. The quantitative estimate of drug-likeness (QED) is 0.770. The van der Waals surface area contributed by atoms with Crippen molar-refractivity contribution in [1.82, 2.24) is 0 Å². The van der Waals surface area contributed by atoms with Crippen molar-refractivity contribution in [2.75, 3.05) is 11.6 Å². The highest BCUT2D eigenvalue weighted by Crippen LogP contribution is 2.15. The van der Waals surface area contributed by atoms with Crippen LogP contribution >= 0.6 is 0 Å². The molecule has 1 rings (SSSR count). The molecule has 3 heteroatoms. The van der Waals surface area contributed by atoms with Gasteiger partial charge in [0.15, 0.2) is 0 Å². The highest BCUT2D eigenvalue weighted by atomic mass is 32.2. The van der Waals surface area contributed by atoms with Crippen molar-refractivity contribution in [3.8, 4) is 0 Å². The van der Waals surface area contributed by atoms with Crippen molar-refractivity contribution in [2.24, 2.45) is 0 Å². The lowest BCUT2D eigenvalue weighted by atomic mass is 10.1. The molecule has 1 N–H and O–H groups in total. The summed E-state index contributed by atoms with van der Waals surface area (Å²) in [5.41, 5.74) is 1.03. The van der Waals surface area contributed by atoms with Crippen LogP contribution in [0.3, 0.4) is 0 Å². The fourth-order valence-electron chi connectivity index (χ4n) is 1.49. The lowest BCUT2D eigenvalue weighted by molar-refractivity contribution is 0.686. The van der Waals surface area contributed by atoms with Gasteiger partial charge in [0.25, 0.3) is 0 Å². The van der Waals surface area contributed by atoms with Crippen molar-refractivity contribution >= 4 is 16.5 Å². The number of hydrogen-bond acceptors (Lipinski definition) is 2. The molecule has 0 aliphatic heterocycles. The van der Waals surface area contributed by atoms with Crippen LogP contribution in [-0.4, -0.2) is 16.5 Å². The fraction of sp³-hybridized carbons (Fsp3) is 0.385. The molecule has 2 atom stereocenters. The molecule has 0 amide bonds. The van der Waals surface area contributed by atoms with E-state index in [1.54, 1.807) is 6.26 Å². The second-order valence-electron chi connectivity index (χ2n) is 3.89. The number of anilines is 1. The van der Waals surface area contributed by atoms with E-state index in [0.29, 0.717) is 6.04 Å². The van der Waals surface area contributed by atoms with Gasteiger partial charge in [0.2, 0.25) is 0 Å². The summed E-state index contributed by atoms with van der Waals surface area (Å²) in [5, 5.41) is 3.39. The van der Waals surface area contributed by atoms with Gasteiger partial charge in [-0.15, -0.1) is 6.58 Å². The second kappa shape index (κ2) is 6.48. The van der Waals surface area contributed by atoms with E-state index in [-0.39, 0.29) is 0 Å². The van der Waals surface area contributed by atoms with Crippen LogP contribution in [-0.2, 0) is 10.8 Å². The zero-order chi connectivity index (χ0) is 12.0. The van der Waals surface area contributed by atoms with Crippen LogP contribution in [0, 0.1) is 0 Å². The van der Waals surface area contributed by atoms with Crippen LogP contribution in [0.2, 0.25) is 0 Å². The molecule has 0 bridgehead atoms. The number of nitrogens with one attached hydrogen (secondary N) is 1. The molecule has 2 unspecified atom stereocenters. The summed E-state index contributed by atoms with van der Waals surface area (Å²) in [6.45, 7) is 5.85. The molecule has 1 aromatic carbocycles. The SMILES string of the molecule is C=CCCC(C)Nc1cccc(S(C)=O)c1. The van der Waals surface area contributed by atoms with Gasteiger partial charge >= 0.3 is 0 Å². The molecule has 0 radical (unpaired) electrons. The van der Waals surface area contributed by atoms with Gasteiger partial charge in [0, 0.05) is 33.7 Å². The Balaban J connectivity index is 2.62. The molecule has 0 saturated heterocycles. The summed E-state index contributed by atoms with van der Waals surface area (Å²) >= 11 is 0. The molecule has 0 fully saturated rings. The molecule has 2 nitrogen and oxygen atoms in total. The Morgan fingerprint density at radius 2 is 2.31 bits per heavy atom. The molecule has 1 aromatic rings. The average molecular weight is 237 g/mol. The first-order valence-electron chi connectivity index (χ1n) is 5.44. The van der Waals surface area contributed by atoms with Gasteiger partial charge in [-0.2, -0.15) is 0 Å². The van der Waals surface area contributed by atoms with Gasteiger partial charge in [-0.25, -0.2) is 0 Å².